The topological polar surface area (TPSA) is 130 Å². The first-order valence-corrected chi connectivity index (χ1v) is 7.30. The number of carboxylic acids is 1. The van der Waals surface area contributed by atoms with Crippen LogP contribution in [0.5, 0.6) is 0 Å². The van der Waals surface area contributed by atoms with Gasteiger partial charge in [-0.3, -0.25) is 4.79 Å². The predicted molar refractivity (Wildman–Crippen MR) is 67.2 cm³/mol. The molecule has 108 valence electrons. The molecule has 1 fully saturated rings. The molecule has 1 saturated heterocycles. The minimum Gasteiger partial charge on any atom is -0.478 e. The summed E-state index contributed by atoms with van der Waals surface area (Å²) in [5.74, 6) is -1.59. The molecule has 8 nitrogen and oxygen atoms in total. The molecule has 1 aliphatic rings. The van der Waals surface area contributed by atoms with E-state index in [9.17, 15) is 18.0 Å². The fraction of sp³-hybridized carbons (Fsp3) is 0.600. The highest BCUT2D eigenvalue weighted by atomic mass is 32.2. The lowest BCUT2D eigenvalue weighted by Crippen LogP contribution is -2.44. The van der Waals surface area contributed by atoms with Gasteiger partial charge in [-0.05, 0) is 18.8 Å². The van der Waals surface area contributed by atoms with E-state index in [0.717, 1.165) is 25.0 Å². The Labute approximate surface area is 111 Å². The van der Waals surface area contributed by atoms with Crippen LogP contribution in [0, 0.1) is 5.92 Å². The number of amides is 1. The molecule has 1 amide bonds. The van der Waals surface area contributed by atoms with Crippen molar-refractivity contribution in [3.63, 3.8) is 0 Å². The van der Waals surface area contributed by atoms with E-state index in [4.69, 9.17) is 10.2 Å². The Hall–Kier alpha value is -1.45. The highest BCUT2D eigenvalue weighted by Gasteiger charge is 2.23. The summed E-state index contributed by atoms with van der Waals surface area (Å²) in [5, 5.41) is 13.3. The summed E-state index contributed by atoms with van der Waals surface area (Å²) in [7, 11) is -3.73. The monoisotopic (exact) mass is 291 g/mol. The van der Waals surface area contributed by atoms with E-state index in [1.54, 1.807) is 0 Å². The summed E-state index contributed by atoms with van der Waals surface area (Å²) >= 11 is 0. The van der Waals surface area contributed by atoms with Gasteiger partial charge in [-0.2, -0.15) is 8.42 Å². The van der Waals surface area contributed by atoms with Crippen LogP contribution in [0.1, 0.15) is 12.8 Å². The van der Waals surface area contributed by atoms with E-state index in [1.807, 2.05) is 0 Å². The molecule has 19 heavy (non-hydrogen) atoms. The lowest BCUT2D eigenvalue weighted by molar-refractivity contribution is -0.132. The summed E-state index contributed by atoms with van der Waals surface area (Å²) in [5.41, 5.74) is 0. The number of likely N-dealkylation sites (tertiary alicyclic amines) is 1. The SMILES string of the molecule is NS(=O)(=O)NCC1CCCN(C(=O)/C=C/C(=O)O)C1. The molecule has 1 aliphatic heterocycles. The van der Waals surface area contributed by atoms with Crippen LogP contribution in [0.3, 0.4) is 0 Å². The zero-order valence-corrected chi connectivity index (χ0v) is 11.1. The maximum atomic E-state index is 11.7. The Kier molecular flexibility index (Phi) is 5.45. The van der Waals surface area contributed by atoms with E-state index in [2.05, 4.69) is 4.72 Å². The van der Waals surface area contributed by atoms with Crippen LogP contribution in [0.2, 0.25) is 0 Å². The van der Waals surface area contributed by atoms with Crippen molar-refractivity contribution in [3.8, 4) is 0 Å². The smallest absolute Gasteiger partial charge is 0.328 e. The Morgan fingerprint density at radius 3 is 2.68 bits per heavy atom. The molecule has 1 rings (SSSR count). The number of hydrogen-bond donors (Lipinski definition) is 3. The summed E-state index contributed by atoms with van der Waals surface area (Å²) in [6.07, 6.45) is 3.31. The first-order chi connectivity index (χ1) is 8.78. The van der Waals surface area contributed by atoms with Crippen molar-refractivity contribution in [1.82, 2.24) is 9.62 Å². The molecule has 9 heteroatoms. The number of hydrogen-bond acceptors (Lipinski definition) is 4. The van der Waals surface area contributed by atoms with Gasteiger partial charge >= 0.3 is 5.97 Å². The number of piperidine rings is 1. The molecule has 0 saturated carbocycles. The lowest BCUT2D eigenvalue weighted by Gasteiger charge is -2.32. The van der Waals surface area contributed by atoms with E-state index in [-0.39, 0.29) is 18.4 Å². The highest BCUT2D eigenvalue weighted by molar-refractivity contribution is 7.87. The first-order valence-electron chi connectivity index (χ1n) is 5.75. The lowest BCUT2D eigenvalue weighted by atomic mass is 9.98. The molecule has 0 aliphatic carbocycles. The number of nitrogens with two attached hydrogens (primary N) is 1. The van der Waals surface area contributed by atoms with Crippen LogP contribution in [0.4, 0.5) is 0 Å². The molecular formula is C10H17N3O5S. The van der Waals surface area contributed by atoms with E-state index in [1.165, 1.54) is 4.90 Å². The van der Waals surface area contributed by atoms with Crippen molar-refractivity contribution >= 4 is 22.1 Å². The van der Waals surface area contributed by atoms with Gasteiger partial charge in [0.1, 0.15) is 0 Å². The summed E-state index contributed by atoms with van der Waals surface area (Å²) < 4.78 is 23.8. The largest absolute Gasteiger partial charge is 0.478 e. The van der Waals surface area contributed by atoms with Gasteiger partial charge < -0.3 is 10.0 Å². The summed E-state index contributed by atoms with van der Waals surface area (Å²) in [6, 6.07) is 0. The van der Waals surface area contributed by atoms with Crippen LogP contribution >= 0.6 is 0 Å². The van der Waals surface area contributed by atoms with Gasteiger partial charge in [0, 0.05) is 31.8 Å². The molecule has 0 aromatic rings. The Balaban J connectivity index is 2.50. The normalized spacial score (nSPS) is 20.7. The second-order valence-electron chi connectivity index (χ2n) is 4.36. The molecule has 0 spiro atoms. The quantitative estimate of drug-likeness (QED) is 0.540. The third-order valence-corrected chi connectivity index (χ3v) is 3.34. The molecule has 0 aromatic heterocycles. The van der Waals surface area contributed by atoms with Crippen molar-refractivity contribution in [2.75, 3.05) is 19.6 Å². The average molecular weight is 291 g/mol. The molecule has 1 atom stereocenters. The second-order valence-corrected chi connectivity index (χ2v) is 5.74. The van der Waals surface area contributed by atoms with Crippen LogP contribution < -0.4 is 9.86 Å². The van der Waals surface area contributed by atoms with E-state index in [0.29, 0.717) is 13.1 Å². The molecule has 1 unspecified atom stereocenters. The number of aliphatic carboxylic acids is 1. The van der Waals surface area contributed by atoms with Gasteiger partial charge in [-0.25, -0.2) is 14.7 Å². The van der Waals surface area contributed by atoms with Crippen LogP contribution in [0.15, 0.2) is 12.2 Å². The van der Waals surface area contributed by atoms with Gasteiger partial charge in [0.15, 0.2) is 0 Å². The van der Waals surface area contributed by atoms with Gasteiger partial charge in [-0.1, -0.05) is 0 Å². The van der Waals surface area contributed by atoms with E-state index >= 15 is 0 Å². The second kappa shape index (κ2) is 6.64. The van der Waals surface area contributed by atoms with Crippen molar-refractivity contribution in [2.45, 2.75) is 12.8 Å². The van der Waals surface area contributed by atoms with Crippen molar-refractivity contribution in [3.05, 3.63) is 12.2 Å². The average Bonchev–Trinajstić information content (AvgIpc) is 2.33. The van der Waals surface area contributed by atoms with Gasteiger partial charge in [0.25, 0.3) is 10.2 Å². The molecule has 0 radical (unpaired) electrons. The van der Waals surface area contributed by atoms with Crippen molar-refractivity contribution < 1.29 is 23.1 Å². The highest BCUT2D eigenvalue weighted by Crippen LogP contribution is 2.16. The maximum absolute atomic E-state index is 11.7. The number of nitrogens with one attached hydrogen (secondary N) is 1. The van der Waals surface area contributed by atoms with Crippen molar-refractivity contribution in [2.24, 2.45) is 11.1 Å². The number of carbonyl (C=O) groups excluding carboxylic acids is 1. The standard InChI is InChI=1S/C10H17N3O5S/c11-19(17,18)12-6-8-2-1-5-13(7-8)9(14)3-4-10(15)16/h3-4,8,12H,1-2,5-7H2,(H,15,16)(H2,11,17,18)/b4-3+. The zero-order valence-electron chi connectivity index (χ0n) is 10.3. The maximum Gasteiger partial charge on any atom is 0.328 e. The van der Waals surface area contributed by atoms with E-state index < -0.39 is 16.2 Å². The fourth-order valence-electron chi connectivity index (χ4n) is 1.91. The zero-order chi connectivity index (χ0) is 14.5. The minimum atomic E-state index is -3.73. The first kappa shape index (κ1) is 15.6. The van der Waals surface area contributed by atoms with Gasteiger partial charge in [0.2, 0.25) is 5.91 Å². The summed E-state index contributed by atoms with van der Waals surface area (Å²) in [6.45, 7) is 1.09. The van der Waals surface area contributed by atoms with Gasteiger partial charge in [-0.15, -0.1) is 0 Å². The third-order valence-electron chi connectivity index (χ3n) is 2.77. The molecular weight excluding hydrogens is 274 g/mol. The molecule has 1 heterocycles. The third kappa shape index (κ3) is 6.32. The van der Waals surface area contributed by atoms with Gasteiger partial charge in [0.05, 0.1) is 0 Å². The summed E-state index contributed by atoms with van der Waals surface area (Å²) in [4.78, 5) is 23.5. The Morgan fingerprint density at radius 1 is 1.42 bits per heavy atom. The Bertz CT molecular complexity index is 474. The number of carboxylic acid groups (broad SMARTS) is 1. The van der Waals surface area contributed by atoms with Crippen LogP contribution in [0.25, 0.3) is 0 Å². The minimum absolute atomic E-state index is 0.0192. The number of carbonyl (C=O) groups is 2. The predicted octanol–water partition coefficient (Wildman–Crippen LogP) is -1.34. The van der Waals surface area contributed by atoms with Crippen LogP contribution in [-0.4, -0.2) is 49.9 Å². The fourth-order valence-corrected chi connectivity index (χ4v) is 2.38. The molecule has 0 bridgehead atoms. The van der Waals surface area contributed by atoms with Crippen LogP contribution in [-0.2, 0) is 19.8 Å². The molecule has 4 N–H and O–H groups in total. The van der Waals surface area contributed by atoms with Crippen molar-refractivity contribution in [1.29, 1.82) is 0 Å². The number of rotatable bonds is 5. The Morgan fingerprint density at radius 2 is 2.11 bits per heavy atom. The number of nitrogens with zero attached hydrogens (tertiary/aromatic N) is 1. The molecule has 0 aromatic carbocycles.